The fourth-order valence-electron chi connectivity index (χ4n) is 2.20. The van der Waals surface area contributed by atoms with Crippen LogP contribution >= 0.6 is 11.5 Å². The maximum atomic E-state index is 12.2. The van der Waals surface area contributed by atoms with Gasteiger partial charge < -0.3 is 9.80 Å². The van der Waals surface area contributed by atoms with Crippen molar-refractivity contribution in [1.29, 1.82) is 0 Å². The number of nitrogens with zero attached hydrogens (tertiary/aromatic N) is 3. The van der Waals surface area contributed by atoms with Crippen molar-refractivity contribution in [1.82, 2.24) is 14.2 Å². The summed E-state index contributed by atoms with van der Waals surface area (Å²) in [5, 5.41) is 0. The van der Waals surface area contributed by atoms with E-state index in [1.54, 1.807) is 0 Å². The van der Waals surface area contributed by atoms with E-state index in [-0.39, 0.29) is 5.91 Å². The predicted molar refractivity (Wildman–Crippen MR) is 69.5 cm³/mol. The van der Waals surface area contributed by atoms with E-state index in [1.165, 1.54) is 11.5 Å². The molecule has 0 N–H and O–H groups in total. The minimum absolute atomic E-state index is 0.0592. The molecular weight excluding hydrogens is 234 g/mol. The molecule has 2 rings (SSSR count). The van der Waals surface area contributed by atoms with Gasteiger partial charge in [-0.25, -0.2) is 0 Å². The van der Waals surface area contributed by atoms with E-state index in [2.05, 4.69) is 16.3 Å². The van der Waals surface area contributed by atoms with Crippen molar-refractivity contribution >= 4 is 17.4 Å². The zero-order valence-electron chi connectivity index (χ0n) is 10.6. The first kappa shape index (κ1) is 12.5. The standard InChI is InChI=1S/C12H19N3OS/c1-9-8-11(13-17-9)12(16)15(3)10-4-6-14(2)7-5-10/h8,10H,4-7H2,1-3H3. The van der Waals surface area contributed by atoms with Crippen molar-refractivity contribution in [3.05, 3.63) is 16.6 Å². The first-order chi connectivity index (χ1) is 8.08. The van der Waals surface area contributed by atoms with Crippen LogP contribution in [0.5, 0.6) is 0 Å². The number of amides is 1. The van der Waals surface area contributed by atoms with Crippen molar-refractivity contribution in [2.75, 3.05) is 27.2 Å². The molecule has 0 radical (unpaired) electrons. The number of hydrogen-bond acceptors (Lipinski definition) is 4. The van der Waals surface area contributed by atoms with E-state index in [1.807, 2.05) is 24.9 Å². The molecule has 1 aromatic heterocycles. The second-order valence-corrected chi connectivity index (χ2v) is 5.78. The molecule has 4 nitrogen and oxygen atoms in total. The van der Waals surface area contributed by atoms with Crippen molar-refractivity contribution in [3.63, 3.8) is 0 Å². The molecule has 94 valence electrons. The molecule has 0 aliphatic carbocycles. The number of rotatable bonds is 2. The number of carbonyl (C=O) groups excluding carboxylic acids is 1. The largest absolute Gasteiger partial charge is 0.337 e. The molecule has 1 aliphatic heterocycles. The highest BCUT2D eigenvalue weighted by molar-refractivity contribution is 7.05. The lowest BCUT2D eigenvalue weighted by Crippen LogP contribution is -2.44. The number of aryl methyl sites for hydroxylation is 1. The van der Waals surface area contributed by atoms with Gasteiger partial charge in [0.2, 0.25) is 0 Å². The van der Waals surface area contributed by atoms with Gasteiger partial charge in [0.25, 0.3) is 5.91 Å². The number of hydrogen-bond donors (Lipinski definition) is 0. The van der Waals surface area contributed by atoms with Gasteiger partial charge >= 0.3 is 0 Å². The van der Waals surface area contributed by atoms with Crippen molar-refractivity contribution in [3.8, 4) is 0 Å². The molecule has 0 atom stereocenters. The van der Waals surface area contributed by atoms with Crippen LogP contribution in [0.3, 0.4) is 0 Å². The maximum Gasteiger partial charge on any atom is 0.273 e. The molecule has 0 aromatic carbocycles. The molecule has 1 saturated heterocycles. The van der Waals surface area contributed by atoms with E-state index in [4.69, 9.17) is 0 Å². The topological polar surface area (TPSA) is 36.4 Å². The molecule has 0 unspecified atom stereocenters. The molecular formula is C12H19N3OS. The SMILES string of the molecule is Cc1cc(C(=O)N(C)C2CCN(C)CC2)ns1. The fourth-order valence-corrected chi connectivity index (χ4v) is 2.73. The minimum Gasteiger partial charge on any atom is -0.337 e. The first-order valence-electron chi connectivity index (χ1n) is 5.97. The molecule has 1 amide bonds. The van der Waals surface area contributed by atoms with Crippen LogP contribution in [-0.4, -0.2) is 53.3 Å². The lowest BCUT2D eigenvalue weighted by atomic mass is 10.0. The lowest BCUT2D eigenvalue weighted by Gasteiger charge is -2.34. The zero-order valence-corrected chi connectivity index (χ0v) is 11.5. The third kappa shape index (κ3) is 2.84. The molecule has 1 aromatic rings. The molecule has 2 heterocycles. The highest BCUT2D eigenvalue weighted by Crippen LogP contribution is 2.17. The minimum atomic E-state index is 0.0592. The molecule has 0 bridgehead atoms. The summed E-state index contributed by atoms with van der Waals surface area (Å²) < 4.78 is 4.19. The van der Waals surface area contributed by atoms with Gasteiger partial charge in [-0.3, -0.25) is 4.79 Å². The van der Waals surface area contributed by atoms with Gasteiger partial charge in [-0.05, 0) is 57.5 Å². The van der Waals surface area contributed by atoms with Crippen LogP contribution < -0.4 is 0 Å². The summed E-state index contributed by atoms with van der Waals surface area (Å²) in [4.78, 5) is 17.5. The van der Waals surface area contributed by atoms with Crippen molar-refractivity contribution < 1.29 is 4.79 Å². The molecule has 0 spiro atoms. The Bertz CT molecular complexity index is 396. The Kier molecular flexibility index (Phi) is 3.79. The smallest absolute Gasteiger partial charge is 0.273 e. The molecule has 1 fully saturated rings. The van der Waals surface area contributed by atoms with Crippen LogP contribution in [0.1, 0.15) is 28.2 Å². The molecule has 5 heteroatoms. The van der Waals surface area contributed by atoms with Crippen LogP contribution in [0, 0.1) is 6.92 Å². The van der Waals surface area contributed by atoms with Gasteiger partial charge in [0.1, 0.15) is 5.69 Å². The van der Waals surface area contributed by atoms with E-state index in [0.29, 0.717) is 11.7 Å². The number of piperidine rings is 1. The Labute approximate surface area is 106 Å². The predicted octanol–water partition coefficient (Wildman–Crippen LogP) is 1.62. The summed E-state index contributed by atoms with van der Waals surface area (Å²) in [5.41, 5.74) is 0.592. The van der Waals surface area contributed by atoms with Crippen LogP contribution in [-0.2, 0) is 0 Å². The highest BCUT2D eigenvalue weighted by Gasteiger charge is 2.25. The maximum absolute atomic E-state index is 12.2. The Balaban J connectivity index is 2.00. The van der Waals surface area contributed by atoms with Gasteiger partial charge in [0.05, 0.1) is 0 Å². The lowest BCUT2D eigenvalue weighted by molar-refractivity contribution is 0.0655. The summed E-state index contributed by atoms with van der Waals surface area (Å²) >= 11 is 1.39. The Morgan fingerprint density at radius 3 is 2.71 bits per heavy atom. The van der Waals surface area contributed by atoms with Crippen LogP contribution in [0.4, 0.5) is 0 Å². The first-order valence-corrected chi connectivity index (χ1v) is 6.74. The highest BCUT2D eigenvalue weighted by atomic mass is 32.1. The second-order valence-electron chi connectivity index (χ2n) is 4.77. The van der Waals surface area contributed by atoms with E-state index >= 15 is 0 Å². The number of aromatic nitrogens is 1. The molecule has 0 saturated carbocycles. The van der Waals surface area contributed by atoms with Crippen LogP contribution in [0.15, 0.2) is 6.07 Å². The van der Waals surface area contributed by atoms with Crippen molar-refractivity contribution in [2.24, 2.45) is 0 Å². The van der Waals surface area contributed by atoms with Crippen LogP contribution in [0.25, 0.3) is 0 Å². The van der Waals surface area contributed by atoms with Gasteiger partial charge in [-0.1, -0.05) is 0 Å². The Morgan fingerprint density at radius 1 is 1.53 bits per heavy atom. The monoisotopic (exact) mass is 253 g/mol. The van der Waals surface area contributed by atoms with Gasteiger partial charge in [0.15, 0.2) is 0 Å². The summed E-state index contributed by atoms with van der Waals surface area (Å²) in [6, 6.07) is 2.24. The quantitative estimate of drug-likeness (QED) is 0.803. The third-order valence-corrected chi connectivity index (χ3v) is 4.10. The summed E-state index contributed by atoms with van der Waals surface area (Å²) in [6.07, 6.45) is 2.11. The van der Waals surface area contributed by atoms with Gasteiger partial charge in [0, 0.05) is 18.0 Å². The summed E-state index contributed by atoms with van der Waals surface area (Å²) in [5.74, 6) is 0.0592. The second kappa shape index (κ2) is 5.14. The number of carbonyl (C=O) groups is 1. The fraction of sp³-hybridized carbons (Fsp3) is 0.667. The normalized spacial score (nSPS) is 18.3. The van der Waals surface area contributed by atoms with E-state index < -0.39 is 0 Å². The van der Waals surface area contributed by atoms with Gasteiger partial charge in [-0.15, -0.1) is 0 Å². The summed E-state index contributed by atoms with van der Waals surface area (Å²) in [7, 11) is 4.02. The van der Waals surface area contributed by atoms with Crippen molar-refractivity contribution in [2.45, 2.75) is 25.8 Å². The average Bonchev–Trinajstić information content (AvgIpc) is 2.75. The third-order valence-electron chi connectivity index (χ3n) is 3.40. The number of likely N-dealkylation sites (tertiary alicyclic amines) is 1. The van der Waals surface area contributed by atoms with Crippen LogP contribution in [0.2, 0.25) is 0 Å². The zero-order chi connectivity index (χ0) is 12.4. The Morgan fingerprint density at radius 2 is 2.18 bits per heavy atom. The molecule has 17 heavy (non-hydrogen) atoms. The van der Waals surface area contributed by atoms with Gasteiger partial charge in [-0.2, -0.15) is 4.37 Å². The average molecular weight is 253 g/mol. The molecule has 1 aliphatic rings. The van der Waals surface area contributed by atoms with E-state index in [0.717, 1.165) is 30.8 Å². The van der Waals surface area contributed by atoms with E-state index in [9.17, 15) is 4.79 Å². The summed E-state index contributed by atoms with van der Waals surface area (Å²) in [6.45, 7) is 4.11. The Hall–Kier alpha value is -0.940.